The van der Waals surface area contributed by atoms with Crippen molar-refractivity contribution in [2.75, 3.05) is 13.6 Å². The first-order valence-corrected chi connectivity index (χ1v) is 8.13. The molecule has 0 bridgehead atoms. The second-order valence-corrected chi connectivity index (χ2v) is 6.43. The van der Waals surface area contributed by atoms with E-state index >= 15 is 0 Å². The lowest BCUT2D eigenvalue weighted by Crippen LogP contribution is -2.34. The summed E-state index contributed by atoms with van der Waals surface area (Å²) in [5.41, 5.74) is 7.45. The van der Waals surface area contributed by atoms with Crippen molar-refractivity contribution in [3.05, 3.63) is 47.5 Å². The summed E-state index contributed by atoms with van der Waals surface area (Å²) in [6.07, 6.45) is 2.23. The van der Waals surface area contributed by atoms with Gasteiger partial charge in [0.25, 0.3) is 5.91 Å². The first-order valence-electron chi connectivity index (χ1n) is 8.13. The minimum absolute atomic E-state index is 0.0579. The maximum atomic E-state index is 13.9. The smallest absolute Gasteiger partial charge is 0.257 e. The highest BCUT2D eigenvalue weighted by Gasteiger charge is 2.20. The van der Waals surface area contributed by atoms with Crippen LogP contribution < -0.4 is 5.73 Å². The first kappa shape index (κ1) is 18.1. The molecule has 5 nitrogen and oxygen atoms in total. The molecule has 1 heterocycles. The number of carbonyl (C=O) groups excluding carboxylic acids is 1. The van der Waals surface area contributed by atoms with E-state index in [9.17, 15) is 9.18 Å². The Morgan fingerprint density at radius 1 is 1.38 bits per heavy atom. The van der Waals surface area contributed by atoms with Gasteiger partial charge in [0.15, 0.2) is 0 Å². The van der Waals surface area contributed by atoms with E-state index in [0.29, 0.717) is 29.4 Å². The monoisotopic (exact) mass is 332 g/mol. The number of hydrogen-bond donors (Lipinski definition) is 1. The standard InChI is InChI=1S/C18H25FN4O/c1-12(2)16(20)9-10-22(4)18(24)14-11-21-23(13(14)3)17-8-6-5-7-15(17)19/h5-8,11-12,16H,9-10,20H2,1-4H3. The number of benzene rings is 1. The maximum Gasteiger partial charge on any atom is 0.257 e. The summed E-state index contributed by atoms with van der Waals surface area (Å²) in [5, 5.41) is 4.18. The van der Waals surface area contributed by atoms with Gasteiger partial charge in [0.05, 0.1) is 17.5 Å². The Balaban J connectivity index is 2.15. The lowest BCUT2D eigenvalue weighted by atomic mass is 10.0. The zero-order valence-corrected chi connectivity index (χ0v) is 14.7. The van der Waals surface area contributed by atoms with Gasteiger partial charge in [-0.3, -0.25) is 4.79 Å². The fraction of sp³-hybridized carbons (Fsp3) is 0.444. The van der Waals surface area contributed by atoms with Gasteiger partial charge in [-0.25, -0.2) is 9.07 Å². The minimum atomic E-state index is -0.376. The van der Waals surface area contributed by atoms with Crippen LogP contribution in [0.2, 0.25) is 0 Å². The molecule has 0 fully saturated rings. The number of hydrogen-bond acceptors (Lipinski definition) is 3. The summed E-state index contributed by atoms with van der Waals surface area (Å²) in [6, 6.07) is 6.42. The highest BCUT2D eigenvalue weighted by molar-refractivity contribution is 5.95. The number of para-hydroxylation sites is 1. The molecule has 130 valence electrons. The Bertz CT molecular complexity index is 711. The molecule has 0 spiro atoms. The summed E-state index contributed by atoms with van der Waals surface area (Å²) in [7, 11) is 1.75. The third-order valence-electron chi connectivity index (χ3n) is 4.32. The van der Waals surface area contributed by atoms with Crippen molar-refractivity contribution in [1.82, 2.24) is 14.7 Å². The zero-order chi connectivity index (χ0) is 17.9. The van der Waals surface area contributed by atoms with Crippen molar-refractivity contribution >= 4 is 5.91 Å². The van der Waals surface area contributed by atoms with E-state index in [-0.39, 0.29) is 17.8 Å². The Labute approximate surface area is 142 Å². The molecule has 1 atom stereocenters. The molecular formula is C18H25FN4O. The van der Waals surface area contributed by atoms with Crippen LogP contribution in [0.4, 0.5) is 4.39 Å². The van der Waals surface area contributed by atoms with Crippen molar-refractivity contribution in [1.29, 1.82) is 0 Å². The molecule has 2 rings (SSSR count). The predicted octanol–water partition coefficient (Wildman–Crippen LogP) is 2.77. The van der Waals surface area contributed by atoms with Gasteiger partial charge in [-0.1, -0.05) is 26.0 Å². The summed E-state index contributed by atoms with van der Waals surface area (Å²) in [6.45, 7) is 6.47. The van der Waals surface area contributed by atoms with E-state index in [1.165, 1.54) is 16.9 Å². The van der Waals surface area contributed by atoms with Gasteiger partial charge in [0, 0.05) is 19.6 Å². The van der Waals surface area contributed by atoms with Crippen LogP contribution in [0.15, 0.2) is 30.5 Å². The average Bonchev–Trinajstić information content (AvgIpc) is 2.93. The van der Waals surface area contributed by atoms with E-state index < -0.39 is 0 Å². The lowest BCUT2D eigenvalue weighted by molar-refractivity contribution is 0.0788. The molecule has 24 heavy (non-hydrogen) atoms. The van der Waals surface area contributed by atoms with Gasteiger partial charge in [-0.15, -0.1) is 0 Å². The topological polar surface area (TPSA) is 64.2 Å². The molecule has 0 radical (unpaired) electrons. The molecule has 0 saturated heterocycles. The van der Waals surface area contributed by atoms with Crippen LogP contribution in [-0.2, 0) is 0 Å². The van der Waals surface area contributed by atoms with Crippen molar-refractivity contribution in [2.45, 2.75) is 33.2 Å². The fourth-order valence-corrected chi connectivity index (χ4v) is 2.47. The van der Waals surface area contributed by atoms with Gasteiger partial charge in [0.2, 0.25) is 0 Å². The Kier molecular flexibility index (Phi) is 5.72. The molecule has 2 aromatic rings. The molecule has 1 aromatic heterocycles. The SMILES string of the molecule is Cc1c(C(=O)N(C)CCC(N)C(C)C)cnn1-c1ccccc1F. The van der Waals surface area contributed by atoms with Crippen LogP contribution in [0.25, 0.3) is 5.69 Å². The summed E-state index contributed by atoms with van der Waals surface area (Å²) < 4.78 is 15.4. The second kappa shape index (κ2) is 7.57. The van der Waals surface area contributed by atoms with E-state index in [0.717, 1.165) is 6.42 Å². The quantitative estimate of drug-likeness (QED) is 0.885. The molecule has 0 saturated carbocycles. The first-order chi connectivity index (χ1) is 11.3. The number of carbonyl (C=O) groups is 1. The Morgan fingerprint density at radius 3 is 2.67 bits per heavy atom. The summed E-state index contributed by atoms with van der Waals surface area (Å²) in [4.78, 5) is 14.3. The molecule has 1 amide bonds. The molecule has 0 aliphatic heterocycles. The van der Waals surface area contributed by atoms with Crippen molar-refractivity contribution < 1.29 is 9.18 Å². The molecule has 1 aromatic carbocycles. The number of halogens is 1. The van der Waals surface area contributed by atoms with E-state index in [1.54, 1.807) is 37.1 Å². The van der Waals surface area contributed by atoms with E-state index in [2.05, 4.69) is 18.9 Å². The highest BCUT2D eigenvalue weighted by Crippen LogP contribution is 2.18. The average molecular weight is 332 g/mol. The zero-order valence-electron chi connectivity index (χ0n) is 14.7. The Hall–Kier alpha value is -2.21. The number of rotatable bonds is 6. The van der Waals surface area contributed by atoms with Crippen molar-refractivity contribution in [3.8, 4) is 5.69 Å². The number of nitrogens with zero attached hydrogens (tertiary/aromatic N) is 3. The van der Waals surface area contributed by atoms with Crippen LogP contribution in [0.5, 0.6) is 0 Å². The molecule has 0 aliphatic carbocycles. The van der Waals surface area contributed by atoms with Crippen LogP contribution >= 0.6 is 0 Å². The molecule has 2 N–H and O–H groups in total. The minimum Gasteiger partial charge on any atom is -0.342 e. The van der Waals surface area contributed by atoms with Crippen LogP contribution in [0.1, 0.15) is 36.3 Å². The van der Waals surface area contributed by atoms with Crippen molar-refractivity contribution in [2.24, 2.45) is 11.7 Å². The number of aromatic nitrogens is 2. The predicted molar refractivity (Wildman–Crippen MR) is 92.6 cm³/mol. The molecule has 6 heteroatoms. The third kappa shape index (κ3) is 3.82. The number of nitrogens with two attached hydrogens (primary N) is 1. The third-order valence-corrected chi connectivity index (χ3v) is 4.32. The van der Waals surface area contributed by atoms with Gasteiger partial charge in [0.1, 0.15) is 11.5 Å². The van der Waals surface area contributed by atoms with Gasteiger partial charge in [-0.2, -0.15) is 5.10 Å². The van der Waals surface area contributed by atoms with Crippen LogP contribution in [0.3, 0.4) is 0 Å². The van der Waals surface area contributed by atoms with Crippen LogP contribution in [-0.4, -0.2) is 40.2 Å². The summed E-state index contributed by atoms with van der Waals surface area (Å²) in [5.74, 6) is -0.135. The highest BCUT2D eigenvalue weighted by atomic mass is 19.1. The lowest BCUT2D eigenvalue weighted by Gasteiger charge is -2.21. The summed E-state index contributed by atoms with van der Waals surface area (Å²) >= 11 is 0. The van der Waals surface area contributed by atoms with E-state index in [1.807, 2.05) is 0 Å². The fourth-order valence-electron chi connectivity index (χ4n) is 2.47. The molecular weight excluding hydrogens is 307 g/mol. The number of amides is 1. The molecule has 0 aliphatic rings. The Morgan fingerprint density at radius 2 is 2.04 bits per heavy atom. The second-order valence-electron chi connectivity index (χ2n) is 6.43. The van der Waals surface area contributed by atoms with Gasteiger partial charge < -0.3 is 10.6 Å². The van der Waals surface area contributed by atoms with Gasteiger partial charge >= 0.3 is 0 Å². The van der Waals surface area contributed by atoms with Gasteiger partial charge in [-0.05, 0) is 31.4 Å². The normalized spacial score (nSPS) is 12.5. The molecule has 1 unspecified atom stereocenters. The van der Waals surface area contributed by atoms with E-state index in [4.69, 9.17) is 5.73 Å². The maximum absolute atomic E-state index is 13.9. The largest absolute Gasteiger partial charge is 0.342 e. The van der Waals surface area contributed by atoms with Crippen molar-refractivity contribution in [3.63, 3.8) is 0 Å². The van der Waals surface area contributed by atoms with Crippen LogP contribution in [0, 0.1) is 18.7 Å².